The number of hydrogen-bond donors (Lipinski definition) is 0. The molecule has 1 rings (SSSR count). The first-order valence-corrected chi connectivity index (χ1v) is 5.97. The monoisotopic (exact) mass is 339 g/mol. The normalized spacial score (nSPS) is 10.9. The maximum Gasteiger partial charge on any atom is 0.446 e. The summed E-state index contributed by atoms with van der Waals surface area (Å²) in [6, 6.07) is 3.97. The molecule has 96 valence electrons. The van der Waals surface area contributed by atoms with Crippen LogP contribution in [0.25, 0.3) is 0 Å². The lowest BCUT2D eigenvalue weighted by molar-refractivity contribution is -0.0328. The molecule has 0 N–H and O–H groups in total. The van der Waals surface area contributed by atoms with Crippen molar-refractivity contribution in [3.8, 4) is 6.07 Å². The molecule has 1 aromatic rings. The van der Waals surface area contributed by atoms with E-state index in [9.17, 15) is 18.0 Å². The molecule has 0 aromatic heterocycles. The Bertz CT molecular complexity index is 525. The molecule has 0 heterocycles. The molecule has 1 aromatic carbocycles. The van der Waals surface area contributed by atoms with Crippen LogP contribution in [-0.2, 0) is 4.74 Å². The molecule has 0 saturated carbocycles. The van der Waals surface area contributed by atoms with Crippen LogP contribution in [-0.4, -0.2) is 18.6 Å². The highest BCUT2D eigenvalue weighted by molar-refractivity contribution is 9.10. The van der Waals surface area contributed by atoms with E-state index >= 15 is 0 Å². The van der Waals surface area contributed by atoms with Crippen molar-refractivity contribution in [3.05, 3.63) is 27.7 Å². The highest BCUT2D eigenvalue weighted by Crippen LogP contribution is 2.41. The average molecular weight is 340 g/mol. The second-order valence-electron chi connectivity index (χ2n) is 2.98. The third kappa shape index (κ3) is 3.65. The molecular weight excluding hydrogens is 335 g/mol. The van der Waals surface area contributed by atoms with Crippen LogP contribution in [0.5, 0.6) is 0 Å². The number of carbonyl (C=O) groups excluding carboxylic acids is 1. The molecule has 0 aliphatic heterocycles. The zero-order valence-corrected chi connectivity index (χ0v) is 11.2. The van der Waals surface area contributed by atoms with Gasteiger partial charge in [0.25, 0.3) is 0 Å². The first kappa shape index (κ1) is 14.9. The number of ether oxygens (including phenoxy) is 1. The number of nitrogens with zero attached hydrogens (tertiary/aromatic N) is 1. The van der Waals surface area contributed by atoms with Gasteiger partial charge in [0.1, 0.15) is 0 Å². The number of hydrogen-bond acceptors (Lipinski definition) is 4. The van der Waals surface area contributed by atoms with Crippen LogP contribution < -0.4 is 0 Å². The first-order valence-electron chi connectivity index (χ1n) is 4.36. The number of thioether (sulfide) groups is 1. The molecule has 0 radical (unpaired) electrons. The first-order chi connectivity index (χ1) is 8.28. The zero-order chi connectivity index (χ0) is 13.9. The molecule has 0 atom stereocenters. The Hall–Kier alpha value is -1.20. The Morgan fingerprint density at radius 3 is 2.56 bits per heavy atom. The molecular formula is C10H5BrF3NO2S. The number of alkyl halides is 3. The van der Waals surface area contributed by atoms with Crippen molar-refractivity contribution < 1.29 is 22.7 Å². The molecule has 0 amide bonds. The molecule has 0 spiro atoms. The van der Waals surface area contributed by atoms with Gasteiger partial charge in [-0.15, -0.1) is 0 Å². The Labute approximate surface area is 113 Å². The van der Waals surface area contributed by atoms with Gasteiger partial charge in [0.05, 0.1) is 24.3 Å². The standard InChI is InChI=1S/C10H5BrF3NO2S/c1-17-9(16)8-6(11)2-5(4-15)3-7(8)18-10(12,13)14/h2-3H,1H3. The van der Waals surface area contributed by atoms with Gasteiger partial charge in [-0.05, 0) is 39.8 Å². The quantitative estimate of drug-likeness (QED) is 0.608. The van der Waals surface area contributed by atoms with E-state index in [-0.39, 0.29) is 20.5 Å². The van der Waals surface area contributed by atoms with Crippen molar-refractivity contribution in [2.45, 2.75) is 10.4 Å². The third-order valence-electron chi connectivity index (χ3n) is 1.80. The number of rotatable bonds is 2. The van der Waals surface area contributed by atoms with E-state index in [1.165, 1.54) is 6.07 Å². The summed E-state index contributed by atoms with van der Waals surface area (Å²) in [7, 11) is 1.06. The molecule has 0 aliphatic rings. The SMILES string of the molecule is COC(=O)c1c(Br)cc(C#N)cc1SC(F)(F)F. The van der Waals surface area contributed by atoms with Crippen molar-refractivity contribution in [3.63, 3.8) is 0 Å². The van der Waals surface area contributed by atoms with Crippen LogP contribution in [0.2, 0.25) is 0 Å². The average Bonchev–Trinajstić information content (AvgIpc) is 2.25. The van der Waals surface area contributed by atoms with Crippen LogP contribution in [0, 0.1) is 11.3 Å². The fraction of sp³-hybridized carbons (Fsp3) is 0.200. The van der Waals surface area contributed by atoms with Crippen LogP contribution >= 0.6 is 27.7 Å². The number of methoxy groups -OCH3 is 1. The van der Waals surface area contributed by atoms with Crippen molar-refractivity contribution in [2.24, 2.45) is 0 Å². The summed E-state index contributed by atoms with van der Waals surface area (Å²) in [5, 5.41) is 8.69. The van der Waals surface area contributed by atoms with Gasteiger partial charge in [-0.2, -0.15) is 18.4 Å². The molecule has 0 aliphatic carbocycles. The summed E-state index contributed by atoms with van der Waals surface area (Å²) in [6.45, 7) is 0. The van der Waals surface area contributed by atoms with Gasteiger partial charge in [0, 0.05) is 9.37 Å². The minimum atomic E-state index is -4.56. The van der Waals surface area contributed by atoms with Crippen LogP contribution in [0.1, 0.15) is 15.9 Å². The van der Waals surface area contributed by atoms with E-state index in [4.69, 9.17) is 5.26 Å². The van der Waals surface area contributed by atoms with Gasteiger partial charge >= 0.3 is 11.5 Å². The van der Waals surface area contributed by atoms with E-state index in [1.807, 2.05) is 0 Å². The molecule has 0 fully saturated rings. The summed E-state index contributed by atoms with van der Waals surface area (Å²) in [4.78, 5) is 11.1. The van der Waals surface area contributed by atoms with Gasteiger partial charge in [0.15, 0.2) is 0 Å². The third-order valence-corrected chi connectivity index (χ3v) is 3.20. The molecule has 18 heavy (non-hydrogen) atoms. The predicted octanol–water partition coefficient (Wildman–Crippen LogP) is 3.72. The fourth-order valence-corrected chi connectivity index (χ4v) is 2.64. The molecule has 3 nitrogen and oxygen atoms in total. The molecule has 0 saturated heterocycles. The lowest BCUT2D eigenvalue weighted by atomic mass is 10.1. The van der Waals surface area contributed by atoms with Crippen LogP contribution in [0.3, 0.4) is 0 Å². The van der Waals surface area contributed by atoms with Crippen molar-refractivity contribution in [2.75, 3.05) is 7.11 Å². The lowest BCUT2D eigenvalue weighted by Crippen LogP contribution is -2.08. The zero-order valence-electron chi connectivity index (χ0n) is 8.84. The molecule has 0 bridgehead atoms. The highest BCUT2D eigenvalue weighted by Gasteiger charge is 2.32. The molecule has 0 unspecified atom stereocenters. The fourth-order valence-electron chi connectivity index (χ4n) is 1.15. The summed E-state index contributed by atoms with van der Waals surface area (Å²) < 4.78 is 41.6. The van der Waals surface area contributed by atoms with E-state index in [2.05, 4.69) is 20.7 Å². The number of nitriles is 1. The number of halogens is 4. The van der Waals surface area contributed by atoms with Gasteiger partial charge in [0.2, 0.25) is 0 Å². The van der Waals surface area contributed by atoms with Gasteiger partial charge in [-0.25, -0.2) is 4.79 Å². The van der Waals surface area contributed by atoms with Gasteiger partial charge in [-0.1, -0.05) is 0 Å². The number of benzene rings is 1. The van der Waals surface area contributed by atoms with E-state index in [0.29, 0.717) is 0 Å². The van der Waals surface area contributed by atoms with Crippen LogP contribution in [0.15, 0.2) is 21.5 Å². The summed E-state index contributed by atoms with van der Waals surface area (Å²) >= 11 is 2.49. The summed E-state index contributed by atoms with van der Waals surface area (Å²) in [6.07, 6.45) is 0. The Balaban J connectivity index is 3.39. The maximum atomic E-state index is 12.4. The minimum Gasteiger partial charge on any atom is -0.465 e. The number of esters is 1. The van der Waals surface area contributed by atoms with Crippen molar-refractivity contribution >= 4 is 33.7 Å². The van der Waals surface area contributed by atoms with Gasteiger partial charge in [-0.3, -0.25) is 0 Å². The van der Waals surface area contributed by atoms with Crippen LogP contribution in [0.4, 0.5) is 13.2 Å². The van der Waals surface area contributed by atoms with E-state index < -0.39 is 23.2 Å². The summed E-state index contributed by atoms with van der Waals surface area (Å²) in [5.74, 6) is -0.905. The predicted molar refractivity (Wildman–Crippen MR) is 62.1 cm³/mol. The molecule has 8 heteroatoms. The number of carbonyl (C=O) groups is 1. The Kier molecular flexibility index (Phi) is 4.65. The largest absolute Gasteiger partial charge is 0.465 e. The Morgan fingerprint density at radius 1 is 1.50 bits per heavy atom. The maximum absolute atomic E-state index is 12.4. The smallest absolute Gasteiger partial charge is 0.446 e. The lowest BCUT2D eigenvalue weighted by Gasteiger charge is -2.11. The van der Waals surface area contributed by atoms with Crippen molar-refractivity contribution in [1.82, 2.24) is 0 Å². The second-order valence-corrected chi connectivity index (χ2v) is 4.94. The van der Waals surface area contributed by atoms with Crippen molar-refractivity contribution in [1.29, 1.82) is 5.26 Å². The summed E-state index contributed by atoms with van der Waals surface area (Å²) in [5.41, 5.74) is -4.80. The minimum absolute atomic E-state index is 0.0151. The highest BCUT2D eigenvalue weighted by atomic mass is 79.9. The van der Waals surface area contributed by atoms with E-state index in [0.717, 1.165) is 13.2 Å². The van der Waals surface area contributed by atoms with E-state index in [1.54, 1.807) is 6.07 Å². The second kappa shape index (κ2) is 5.63. The Morgan fingerprint density at radius 2 is 2.11 bits per heavy atom. The topological polar surface area (TPSA) is 50.1 Å². The van der Waals surface area contributed by atoms with Gasteiger partial charge < -0.3 is 4.74 Å².